The zero-order valence-electron chi connectivity index (χ0n) is 7.83. The molecule has 78 valence electrons. The quantitative estimate of drug-likeness (QED) is 0.900. The smallest absolute Gasteiger partial charge is 0.0928 e. The van der Waals surface area contributed by atoms with Crippen molar-refractivity contribution >= 4 is 27.3 Å². The van der Waals surface area contributed by atoms with Gasteiger partial charge >= 0.3 is 0 Å². The van der Waals surface area contributed by atoms with Crippen LogP contribution in [0.4, 0.5) is 0 Å². The van der Waals surface area contributed by atoms with Gasteiger partial charge in [0, 0.05) is 27.8 Å². The minimum absolute atomic E-state index is 0.475. The van der Waals surface area contributed by atoms with E-state index < -0.39 is 5.60 Å². The van der Waals surface area contributed by atoms with Gasteiger partial charge in [-0.25, -0.2) is 0 Å². The highest BCUT2D eigenvalue weighted by Crippen LogP contribution is 2.28. The zero-order valence-corrected chi connectivity index (χ0v) is 10.2. The van der Waals surface area contributed by atoms with Gasteiger partial charge in [-0.2, -0.15) is 0 Å². The Bertz CT molecular complexity index is 305. The summed E-state index contributed by atoms with van der Waals surface area (Å²) in [5.41, 5.74) is -0.636. The van der Waals surface area contributed by atoms with Gasteiger partial charge in [-0.15, -0.1) is 11.3 Å². The molecule has 2 rings (SSSR count). The van der Waals surface area contributed by atoms with E-state index in [2.05, 4.69) is 22.0 Å². The summed E-state index contributed by atoms with van der Waals surface area (Å²) in [5.74, 6) is 0. The first-order chi connectivity index (χ1) is 6.68. The number of thiophene rings is 1. The molecule has 2 heterocycles. The highest BCUT2D eigenvalue weighted by molar-refractivity contribution is 9.10. The van der Waals surface area contributed by atoms with E-state index in [1.54, 1.807) is 11.3 Å². The monoisotopic (exact) mass is 276 g/mol. The molecule has 1 aliphatic rings. The Morgan fingerprint density at radius 3 is 3.07 bits per heavy atom. The summed E-state index contributed by atoms with van der Waals surface area (Å²) in [6, 6.07) is 2.07. The maximum absolute atomic E-state index is 10.2. The SMILES string of the molecule is OC1(Cc2cc(Br)cs2)CCCOC1. The molecular formula is C10H13BrO2S. The van der Waals surface area contributed by atoms with Gasteiger partial charge in [0.1, 0.15) is 0 Å². The lowest BCUT2D eigenvalue weighted by molar-refractivity contribution is -0.0840. The molecule has 1 N–H and O–H groups in total. The molecule has 0 bridgehead atoms. The van der Waals surface area contributed by atoms with Crippen molar-refractivity contribution in [2.24, 2.45) is 0 Å². The highest BCUT2D eigenvalue weighted by atomic mass is 79.9. The molecule has 4 heteroatoms. The van der Waals surface area contributed by atoms with Crippen molar-refractivity contribution in [1.29, 1.82) is 0 Å². The largest absolute Gasteiger partial charge is 0.387 e. The third kappa shape index (κ3) is 2.57. The summed E-state index contributed by atoms with van der Waals surface area (Å²) in [6.45, 7) is 1.26. The van der Waals surface area contributed by atoms with Crippen LogP contribution in [0.15, 0.2) is 15.9 Å². The molecule has 2 nitrogen and oxygen atoms in total. The van der Waals surface area contributed by atoms with Crippen LogP contribution in [-0.2, 0) is 11.2 Å². The van der Waals surface area contributed by atoms with E-state index in [1.165, 1.54) is 4.88 Å². The topological polar surface area (TPSA) is 29.5 Å². The number of hydrogen-bond acceptors (Lipinski definition) is 3. The van der Waals surface area contributed by atoms with Gasteiger partial charge in [0.15, 0.2) is 0 Å². The normalized spacial score (nSPS) is 27.9. The van der Waals surface area contributed by atoms with Gasteiger partial charge in [0.2, 0.25) is 0 Å². The van der Waals surface area contributed by atoms with Crippen LogP contribution in [-0.4, -0.2) is 23.9 Å². The van der Waals surface area contributed by atoms with E-state index in [-0.39, 0.29) is 0 Å². The number of hydrogen-bond donors (Lipinski definition) is 1. The average molecular weight is 277 g/mol. The predicted octanol–water partition coefficient (Wildman–Crippen LogP) is 2.59. The molecule has 1 unspecified atom stereocenters. The molecule has 0 spiro atoms. The van der Waals surface area contributed by atoms with Crippen LogP contribution in [0.3, 0.4) is 0 Å². The minimum Gasteiger partial charge on any atom is -0.387 e. The molecular weight excluding hydrogens is 264 g/mol. The lowest BCUT2D eigenvalue weighted by Gasteiger charge is -2.31. The van der Waals surface area contributed by atoms with E-state index in [0.29, 0.717) is 13.0 Å². The molecule has 0 radical (unpaired) electrons. The van der Waals surface area contributed by atoms with Gasteiger partial charge in [0.05, 0.1) is 12.2 Å². The third-order valence-electron chi connectivity index (χ3n) is 2.43. The van der Waals surface area contributed by atoms with Crippen LogP contribution in [0.5, 0.6) is 0 Å². The molecule has 1 aliphatic heterocycles. The fourth-order valence-corrected chi connectivity index (χ4v) is 3.34. The Balaban J connectivity index is 2.01. The summed E-state index contributed by atoms with van der Waals surface area (Å²) < 4.78 is 6.40. The van der Waals surface area contributed by atoms with Crippen molar-refractivity contribution in [1.82, 2.24) is 0 Å². The van der Waals surface area contributed by atoms with E-state index in [4.69, 9.17) is 4.74 Å². The molecule has 0 saturated carbocycles. The van der Waals surface area contributed by atoms with E-state index in [1.807, 2.05) is 5.38 Å². The summed E-state index contributed by atoms with van der Waals surface area (Å²) in [5, 5.41) is 12.2. The van der Waals surface area contributed by atoms with Crippen LogP contribution in [0.1, 0.15) is 17.7 Å². The van der Waals surface area contributed by atoms with E-state index in [0.717, 1.165) is 23.9 Å². The molecule has 14 heavy (non-hydrogen) atoms. The Kier molecular flexibility index (Phi) is 3.27. The Morgan fingerprint density at radius 2 is 2.50 bits per heavy atom. The number of halogens is 1. The first-order valence-corrected chi connectivity index (χ1v) is 6.38. The molecule has 0 aromatic carbocycles. The fourth-order valence-electron chi connectivity index (χ4n) is 1.75. The van der Waals surface area contributed by atoms with Crippen molar-refractivity contribution in [2.45, 2.75) is 24.9 Å². The summed E-state index contributed by atoms with van der Waals surface area (Å²) in [4.78, 5) is 1.21. The molecule has 1 aromatic rings. The van der Waals surface area contributed by atoms with Crippen molar-refractivity contribution in [2.75, 3.05) is 13.2 Å². The minimum atomic E-state index is -0.636. The maximum atomic E-state index is 10.2. The predicted molar refractivity (Wildman–Crippen MR) is 60.7 cm³/mol. The van der Waals surface area contributed by atoms with Crippen molar-refractivity contribution in [3.8, 4) is 0 Å². The standard InChI is InChI=1S/C10H13BrO2S/c11-8-4-9(14-6-8)5-10(12)2-1-3-13-7-10/h4,6,12H,1-3,5,7H2. The first-order valence-electron chi connectivity index (χ1n) is 4.71. The number of rotatable bonds is 2. The van der Waals surface area contributed by atoms with Crippen molar-refractivity contribution < 1.29 is 9.84 Å². The zero-order chi connectivity index (χ0) is 10.0. The van der Waals surface area contributed by atoms with E-state index in [9.17, 15) is 5.11 Å². The van der Waals surface area contributed by atoms with Gasteiger partial charge in [0.25, 0.3) is 0 Å². The Hall–Kier alpha value is 0.1000. The summed E-state index contributed by atoms with van der Waals surface area (Å²) in [6.07, 6.45) is 2.52. The maximum Gasteiger partial charge on any atom is 0.0928 e. The van der Waals surface area contributed by atoms with Gasteiger partial charge in [-0.05, 0) is 34.8 Å². The van der Waals surface area contributed by atoms with Crippen molar-refractivity contribution in [3.05, 3.63) is 20.8 Å². The lowest BCUT2D eigenvalue weighted by atomic mass is 9.92. The van der Waals surface area contributed by atoms with Crippen LogP contribution in [0, 0.1) is 0 Å². The molecule has 0 aliphatic carbocycles. The van der Waals surface area contributed by atoms with Gasteiger partial charge in [-0.1, -0.05) is 0 Å². The Labute approximate surface area is 96.0 Å². The molecule has 1 fully saturated rings. The van der Waals surface area contributed by atoms with Crippen molar-refractivity contribution in [3.63, 3.8) is 0 Å². The molecule has 0 amide bonds. The van der Waals surface area contributed by atoms with Crippen LogP contribution >= 0.6 is 27.3 Å². The third-order valence-corrected chi connectivity index (χ3v) is 4.12. The molecule has 1 aromatic heterocycles. The summed E-state index contributed by atoms with van der Waals surface area (Å²) in [7, 11) is 0. The number of ether oxygens (including phenoxy) is 1. The lowest BCUT2D eigenvalue weighted by Crippen LogP contribution is -2.40. The average Bonchev–Trinajstić information content (AvgIpc) is 2.51. The van der Waals surface area contributed by atoms with Crippen LogP contribution in [0.25, 0.3) is 0 Å². The van der Waals surface area contributed by atoms with Crippen LogP contribution in [0.2, 0.25) is 0 Å². The highest BCUT2D eigenvalue weighted by Gasteiger charge is 2.30. The second-order valence-corrected chi connectivity index (χ2v) is 5.70. The van der Waals surface area contributed by atoms with Crippen LogP contribution < -0.4 is 0 Å². The number of aliphatic hydroxyl groups is 1. The van der Waals surface area contributed by atoms with Gasteiger partial charge in [-0.3, -0.25) is 0 Å². The first kappa shape index (κ1) is 10.6. The fraction of sp³-hybridized carbons (Fsp3) is 0.600. The molecule has 1 atom stereocenters. The van der Waals surface area contributed by atoms with Gasteiger partial charge < -0.3 is 9.84 Å². The second kappa shape index (κ2) is 4.31. The molecule has 1 saturated heterocycles. The Morgan fingerprint density at radius 1 is 1.64 bits per heavy atom. The summed E-state index contributed by atoms with van der Waals surface area (Å²) >= 11 is 5.09. The van der Waals surface area contributed by atoms with E-state index >= 15 is 0 Å². The second-order valence-electron chi connectivity index (χ2n) is 3.79.